The van der Waals surface area contributed by atoms with Gasteiger partial charge in [0.15, 0.2) is 0 Å². The molecule has 17 heavy (non-hydrogen) atoms. The first-order valence-electron chi connectivity index (χ1n) is 5.02. The van der Waals surface area contributed by atoms with Crippen molar-refractivity contribution in [2.75, 3.05) is 0 Å². The summed E-state index contributed by atoms with van der Waals surface area (Å²) in [6, 6.07) is 2.03. The number of benzene rings is 1. The van der Waals surface area contributed by atoms with Gasteiger partial charge in [0.2, 0.25) is 0 Å². The van der Waals surface area contributed by atoms with Gasteiger partial charge in [0.25, 0.3) is 0 Å². The minimum atomic E-state index is -4.55. The van der Waals surface area contributed by atoms with E-state index in [2.05, 4.69) is 0 Å². The summed E-state index contributed by atoms with van der Waals surface area (Å²) in [5, 5.41) is 0. The van der Waals surface area contributed by atoms with Crippen molar-refractivity contribution < 1.29 is 17.6 Å². The molecule has 1 aromatic carbocycles. The smallest absolute Gasteiger partial charge is 0.324 e. The SMILES string of the molecule is Cl.N[C@H](c1ccc(F)cc1C(F)(F)F)C1CC1. The summed E-state index contributed by atoms with van der Waals surface area (Å²) in [4.78, 5) is 0. The highest BCUT2D eigenvalue weighted by Crippen LogP contribution is 2.43. The van der Waals surface area contributed by atoms with Crippen molar-refractivity contribution in [3.05, 3.63) is 35.1 Å². The molecular weight excluding hydrogens is 258 g/mol. The van der Waals surface area contributed by atoms with E-state index in [9.17, 15) is 17.6 Å². The highest BCUT2D eigenvalue weighted by Gasteiger charge is 2.38. The molecule has 1 aliphatic carbocycles. The van der Waals surface area contributed by atoms with Crippen LogP contribution in [0.1, 0.15) is 30.0 Å². The van der Waals surface area contributed by atoms with E-state index < -0.39 is 23.6 Å². The molecule has 0 spiro atoms. The number of alkyl halides is 3. The van der Waals surface area contributed by atoms with Crippen molar-refractivity contribution in [1.29, 1.82) is 0 Å². The van der Waals surface area contributed by atoms with Crippen LogP contribution in [0.2, 0.25) is 0 Å². The van der Waals surface area contributed by atoms with E-state index in [0.717, 1.165) is 25.0 Å². The molecule has 2 rings (SSSR count). The second-order valence-corrected chi connectivity index (χ2v) is 4.09. The van der Waals surface area contributed by atoms with Gasteiger partial charge in [-0.2, -0.15) is 13.2 Å². The van der Waals surface area contributed by atoms with Crippen LogP contribution < -0.4 is 5.73 Å². The molecule has 0 aliphatic heterocycles. The predicted molar refractivity (Wildman–Crippen MR) is 58.3 cm³/mol. The van der Waals surface area contributed by atoms with Gasteiger partial charge >= 0.3 is 6.18 Å². The number of halogens is 5. The fraction of sp³-hybridized carbons (Fsp3) is 0.455. The van der Waals surface area contributed by atoms with Crippen molar-refractivity contribution in [3.8, 4) is 0 Å². The van der Waals surface area contributed by atoms with Crippen LogP contribution in [-0.4, -0.2) is 0 Å². The minimum Gasteiger partial charge on any atom is -0.324 e. The molecule has 0 saturated heterocycles. The maximum Gasteiger partial charge on any atom is 0.416 e. The quantitative estimate of drug-likeness (QED) is 0.815. The molecule has 1 fully saturated rings. The van der Waals surface area contributed by atoms with E-state index in [1.165, 1.54) is 0 Å². The lowest BCUT2D eigenvalue weighted by Crippen LogP contribution is -2.19. The summed E-state index contributed by atoms with van der Waals surface area (Å²) in [7, 11) is 0. The van der Waals surface area contributed by atoms with E-state index in [1.807, 2.05) is 0 Å². The third-order valence-electron chi connectivity index (χ3n) is 2.81. The van der Waals surface area contributed by atoms with E-state index in [4.69, 9.17) is 5.73 Å². The third-order valence-corrected chi connectivity index (χ3v) is 2.81. The second kappa shape index (κ2) is 4.82. The minimum absolute atomic E-state index is 0. The number of rotatable bonds is 2. The van der Waals surface area contributed by atoms with Crippen molar-refractivity contribution in [1.82, 2.24) is 0 Å². The normalized spacial score (nSPS) is 17.5. The Morgan fingerprint density at radius 3 is 2.29 bits per heavy atom. The first kappa shape index (κ1) is 14.3. The summed E-state index contributed by atoms with van der Waals surface area (Å²) in [6.45, 7) is 0. The number of nitrogens with two attached hydrogens (primary N) is 1. The van der Waals surface area contributed by atoms with Gasteiger partial charge in [0.1, 0.15) is 5.82 Å². The lowest BCUT2D eigenvalue weighted by Gasteiger charge is -2.17. The van der Waals surface area contributed by atoms with Crippen LogP contribution in [0, 0.1) is 11.7 Å². The van der Waals surface area contributed by atoms with E-state index in [0.29, 0.717) is 6.07 Å². The largest absolute Gasteiger partial charge is 0.416 e. The summed E-state index contributed by atoms with van der Waals surface area (Å²) in [5.41, 5.74) is 4.77. The predicted octanol–water partition coefficient (Wildman–Crippen LogP) is 3.68. The van der Waals surface area contributed by atoms with E-state index >= 15 is 0 Å². The monoisotopic (exact) mass is 269 g/mol. The molecule has 1 aliphatic rings. The van der Waals surface area contributed by atoms with Crippen molar-refractivity contribution in [2.45, 2.75) is 25.1 Å². The van der Waals surface area contributed by atoms with Gasteiger partial charge in [-0.05, 0) is 36.5 Å². The fourth-order valence-corrected chi connectivity index (χ4v) is 1.77. The molecular formula is C11H12ClF4N. The molecule has 6 heteroatoms. The molecule has 0 amide bonds. The summed E-state index contributed by atoms with van der Waals surface area (Å²) in [6.07, 6.45) is -2.87. The van der Waals surface area contributed by atoms with Gasteiger partial charge in [0.05, 0.1) is 5.56 Å². The molecule has 0 bridgehead atoms. The average Bonchev–Trinajstić information content (AvgIpc) is 2.98. The topological polar surface area (TPSA) is 26.0 Å². The molecule has 0 radical (unpaired) electrons. The summed E-state index contributed by atoms with van der Waals surface area (Å²) >= 11 is 0. The molecule has 0 aromatic heterocycles. The third kappa shape index (κ3) is 3.10. The first-order chi connectivity index (χ1) is 7.39. The lowest BCUT2D eigenvalue weighted by molar-refractivity contribution is -0.138. The van der Waals surface area contributed by atoms with E-state index in [-0.39, 0.29) is 23.9 Å². The van der Waals surface area contributed by atoms with Gasteiger partial charge in [0, 0.05) is 6.04 Å². The molecule has 0 unspecified atom stereocenters. The molecule has 96 valence electrons. The fourth-order valence-electron chi connectivity index (χ4n) is 1.77. The zero-order valence-corrected chi connectivity index (χ0v) is 9.61. The zero-order chi connectivity index (χ0) is 11.9. The van der Waals surface area contributed by atoms with Gasteiger partial charge in [-0.1, -0.05) is 6.07 Å². The molecule has 2 N–H and O–H groups in total. The standard InChI is InChI=1S/C11H11F4N.ClH/c12-7-3-4-8(10(16)6-1-2-6)9(5-7)11(13,14)15;/h3-6,10H,1-2,16H2;1H/t10-;/m0./s1. The molecule has 0 heterocycles. The highest BCUT2D eigenvalue weighted by atomic mass is 35.5. The number of hydrogen-bond donors (Lipinski definition) is 1. The molecule has 1 nitrogen and oxygen atoms in total. The zero-order valence-electron chi connectivity index (χ0n) is 8.80. The Morgan fingerprint density at radius 2 is 1.82 bits per heavy atom. The highest BCUT2D eigenvalue weighted by molar-refractivity contribution is 5.85. The maximum atomic E-state index is 12.8. The van der Waals surface area contributed by atoms with Gasteiger partial charge in [-0.3, -0.25) is 0 Å². The van der Waals surface area contributed by atoms with Crippen LogP contribution >= 0.6 is 12.4 Å². The van der Waals surface area contributed by atoms with Gasteiger partial charge in [-0.15, -0.1) is 12.4 Å². The summed E-state index contributed by atoms with van der Waals surface area (Å²) < 4.78 is 50.8. The number of hydrogen-bond acceptors (Lipinski definition) is 1. The van der Waals surface area contributed by atoms with Crippen LogP contribution in [0.3, 0.4) is 0 Å². The Balaban J connectivity index is 0.00000144. The van der Waals surface area contributed by atoms with Crippen molar-refractivity contribution >= 4 is 12.4 Å². The molecule has 1 atom stereocenters. The maximum absolute atomic E-state index is 12.8. The average molecular weight is 270 g/mol. The van der Waals surface area contributed by atoms with Gasteiger partial charge < -0.3 is 5.73 Å². The Bertz CT molecular complexity index is 401. The first-order valence-corrected chi connectivity index (χ1v) is 5.02. The van der Waals surface area contributed by atoms with Gasteiger partial charge in [-0.25, -0.2) is 4.39 Å². The lowest BCUT2D eigenvalue weighted by atomic mass is 9.97. The summed E-state index contributed by atoms with van der Waals surface area (Å²) in [5.74, 6) is -0.786. The van der Waals surface area contributed by atoms with Crippen LogP contribution in [0.5, 0.6) is 0 Å². The van der Waals surface area contributed by atoms with Crippen LogP contribution in [0.25, 0.3) is 0 Å². The van der Waals surface area contributed by atoms with Crippen LogP contribution in [0.15, 0.2) is 18.2 Å². The van der Waals surface area contributed by atoms with E-state index in [1.54, 1.807) is 0 Å². The Kier molecular flexibility index (Phi) is 4.04. The second-order valence-electron chi connectivity index (χ2n) is 4.09. The molecule has 1 saturated carbocycles. The Morgan fingerprint density at radius 1 is 1.24 bits per heavy atom. The molecule has 1 aromatic rings. The Hall–Kier alpha value is -0.810. The van der Waals surface area contributed by atoms with Crippen molar-refractivity contribution in [3.63, 3.8) is 0 Å². The Labute approximate surface area is 102 Å². The van der Waals surface area contributed by atoms with Crippen LogP contribution in [-0.2, 0) is 6.18 Å². The van der Waals surface area contributed by atoms with Crippen LogP contribution in [0.4, 0.5) is 17.6 Å². The van der Waals surface area contributed by atoms with Crippen molar-refractivity contribution in [2.24, 2.45) is 11.7 Å².